The summed E-state index contributed by atoms with van der Waals surface area (Å²) in [6.45, 7) is 6.42. The molecule has 2 aromatic rings. The molecule has 8 heteroatoms. The molecule has 1 amide bonds. The molecule has 1 aliphatic rings. The minimum absolute atomic E-state index is 0.0497. The molecule has 0 fully saturated rings. The zero-order valence-electron chi connectivity index (χ0n) is 17.2. The van der Waals surface area contributed by atoms with Crippen LogP contribution < -0.4 is 14.5 Å². The van der Waals surface area contributed by atoms with E-state index in [9.17, 15) is 13.2 Å². The van der Waals surface area contributed by atoms with Gasteiger partial charge in [-0.1, -0.05) is 19.9 Å². The van der Waals surface area contributed by atoms with Gasteiger partial charge in [0.1, 0.15) is 16.5 Å². The number of anilines is 2. The molecule has 29 heavy (non-hydrogen) atoms. The van der Waals surface area contributed by atoms with Gasteiger partial charge in [-0.25, -0.2) is 0 Å². The number of benzene rings is 2. The van der Waals surface area contributed by atoms with Gasteiger partial charge in [0.15, 0.2) is 0 Å². The van der Waals surface area contributed by atoms with Crippen molar-refractivity contribution in [3.63, 3.8) is 0 Å². The molecule has 0 N–H and O–H groups in total. The van der Waals surface area contributed by atoms with Crippen molar-refractivity contribution < 1.29 is 17.9 Å². The van der Waals surface area contributed by atoms with Gasteiger partial charge in [-0.3, -0.25) is 4.79 Å². The Balaban J connectivity index is 2.00. The smallest absolute Gasteiger partial charge is 0.286 e. The molecule has 2 aromatic carbocycles. The summed E-state index contributed by atoms with van der Waals surface area (Å²) in [5.74, 6) is 1.05. The molecule has 1 aliphatic heterocycles. The van der Waals surface area contributed by atoms with Crippen molar-refractivity contribution in [1.29, 1.82) is 0 Å². The SMILES string of the molecule is COc1cccc(N(C)C(=O)c2ccc3c(c2)S(=O)(=O)N=C(C)N3CC(C)C)c1. The van der Waals surface area contributed by atoms with E-state index in [0.29, 0.717) is 35.4 Å². The van der Waals surface area contributed by atoms with Crippen LogP contribution in [0.5, 0.6) is 5.75 Å². The fraction of sp³-hybridized carbons (Fsp3) is 0.333. The number of methoxy groups -OCH3 is 1. The lowest BCUT2D eigenvalue weighted by atomic mass is 10.1. The van der Waals surface area contributed by atoms with E-state index in [1.165, 1.54) is 11.0 Å². The van der Waals surface area contributed by atoms with Crippen LogP contribution in [-0.4, -0.2) is 40.9 Å². The third-order valence-corrected chi connectivity index (χ3v) is 6.10. The number of carbonyl (C=O) groups excluding carboxylic acids is 1. The molecule has 0 atom stereocenters. The first-order valence-electron chi connectivity index (χ1n) is 9.29. The number of hydrogen-bond acceptors (Lipinski definition) is 5. The van der Waals surface area contributed by atoms with Gasteiger partial charge in [0, 0.05) is 30.9 Å². The topological polar surface area (TPSA) is 79.3 Å². The second kappa shape index (κ2) is 7.87. The Labute approximate surface area is 171 Å². The molecule has 0 spiro atoms. The summed E-state index contributed by atoms with van der Waals surface area (Å²) in [5.41, 5.74) is 1.47. The highest BCUT2D eigenvalue weighted by molar-refractivity contribution is 7.90. The minimum atomic E-state index is -3.86. The van der Waals surface area contributed by atoms with E-state index >= 15 is 0 Å². The summed E-state index contributed by atoms with van der Waals surface area (Å²) in [7, 11) is -0.668. The molecule has 0 bridgehead atoms. The molecule has 7 nitrogen and oxygen atoms in total. The van der Waals surface area contributed by atoms with Crippen LogP contribution in [-0.2, 0) is 10.0 Å². The minimum Gasteiger partial charge on any atom is -0.497 e. The molecule has 154 valence electrons. The molecule has 0 aromatic heterocycles. The van der Waals surface area contributed by atoms with Gasteiger partial charge in [-0.05, 0) is 43.2 Å². The van der Waals surface area contributed by atoms with E-state index in [0.717, 1.165) is 0 Å². The summed E-state index contributed by atoms with van der Waals surface area (Å²) >= 11 is 0. The molecular weight excluding hydrogens is 390 g/mol. The van der Waals surface area contributed by atoms with Crippen LogP contribution in [0, 0.1) is 5.92 Å². The van der Waals surface area contributed by atoms with Crippen molar-refractivity contribution in [3.8, 4) is 5.75 Å². The maximum Gasteiger partial charge on any atom is 0.286 e. The van der Waals surface area contributed by atoms with Crippen LogP contribution in [0.15, 0.2) is 51.8 Å². The lowest BCUT2D eigenvalue weighted by Gasteiger charge is -2.31. The lowest BCUT2D eigenvalue weighted by Crippen LogP contribution is -2.37. The molecule has 0 unspecified atom stereocenters. The van der Waals surface area contributed by atoms with E-state index in [1.807, 2.05) is 4.90 Å². The van der Waals surface area contributed by atoms with Crippen LogP contribution in [0.2, 0.25) is 0 Å². The van der Waals surface area contributed by atoms with Crippen LogP contribution in [0.25, 0.3) is 0 Å². The highest BCUT2D eigenvalue weighted by atomic mass is 32.2. The van der Waals surface area contributed by atoms with Crippen molar-refractivity contribution in [2.45, 2.75) is 25.7 Å². The number of sulfonamides is 1. The summed E-state index contributed by atoms with van der Waals surface area (Å²) in [6, 6.07) is 11.8. The fourth-order valence-electron chi connectivity index (χ4n) is 3.25. The Morgan fingerprint density at radius 1 is 1.21 bits per heavy atom. The van der Waals surface area contributed by atoms with E-state index < -0.39 is 10.0 Å². The number of amidine groups is 1. The summed E-state index contributed by atoms with van der Waals surface area (Å²) in [4.78, 5) is 16.4. The number of fused-ring (bicyclic) bond motifs is 1. The maximum atomic E-state index is 13.0. The predicted molar refractivity (Wildman–Crippen MR) is 115 cm³/mol. The zero-order valence-corrected chi connectivity index (χ0v) is 18.0. The largest absolute Gasteiger partial charge is 0.497 e. The van der Waals surface area contributed by atoms with E-state index in [-0.39, 0.29) is 16.4 Å². The van der Waals surface area contributed by atoms with E-state index in [4.69, 9.17) is 4.74 Å². The Kier molecular flexibility index (Phi) is 5.66. The maximum absolute atomic E-state index is 13.0. The fourth-order valence-corrected chi connectivity index (χ4v) is 4.51. The Hall–Kier alpha value is -2.87. The Morgan fingerprint density at radius 3 is 2.59 bits per heavy atom. The highest BCUT2D eigenvalue weighted by Gasteiger charge is 2.30. The molecule has 1 heterocycles. The average Bonchev–Trinajstić information content (AvgIpc) is 2.69. The van der Waals surface area contributed by atoms with Gasteiger partial charge < -0.3 is 14.5 Å². The Morgan fingerprint density at radius 2 is 1.93 bits per heavy atom. The monoisotopic (exact) mass is 415 g/mol. The molecule has 0 saturated heterocycles. The van der Waals surface area contributed by atoms with E-state index in [2.05, 4.69) is 18.2 Å². The normalized spacial score (nSPS) is 15.0. The van der Waals surface area contributed by atoms with Crippen LogP contribution in [0.3, 0.4) is 0 Å². The van der Waals surface area contributed by atoms with Crippen molar-refractivity contribution in [2.24, 2.45) is 10.3 Å². The third kappa shape index (κ3) is 4.12. The van der Waals surface area contributed by atoms with Crippen molar-refractivity contribution in [2.75, 3.05) is 30.5 Å². The summed E-state index contributed by atoms with van der Waals surface area (Å²) < 4.78 is 34.4. The lowest BCUT2D eigenvalue weighted by molar-refractivity contribution is 0.0993. The van der Waals surface area contributed by atoms with Gasteiger partial charge in [0.05, 0.1) is 12.8 Å². The van der Waals surface area contributed by atoms with Crippen molar-refractivity contribution in [1.82, 2.24) is 0 Å². The quantitative estimate of drug-likeness (QED) is 0.746. The van der Waals surface area contributed by atoms with Crippen molar-refractivity contribution in [3.05, 3.63) is 48.0 Å². The van der Waals surface area contributed by atoms with Crippen LogP contribution >= 0.6 is 0 Å². The average molecular weight is 416 g/mol. The molecule has 0 saturated carbocycles. The summed E-state index contributed by atoms with van der Waals surface area (Å²) in [6.07, 6.45) is 0. The third-order valence-electron chi connectivity index (χ3n) is 4.71. The molecule has 0 radical (unpaired) electrons. The number of hydrogen-bond donors (Lipinski definition) is 0. The predicted octanol–water partition coefficient (Wildman–Crippen LogP) is 3.55. The van der Waals surface area contributed by atoms with Gasteiger partial charge in [0.25, 0.3) is 15.9 Å². The van der Waals surface area contributed by atoms with Crippen LogP contribution in [0.1, 0.15) is 31.1 Å². The van der Waals surface area contributed by atoms with Gasteiger partial charge in [-0.2, -0.15) is 8.42 Å². The van der Waals surface area contributed by atoms with E-state index in [1.54, 1.807) is 57.5 Å². The number of carbonyl (C=O) groups is 1. The number of rotatable bonds is 5. The summed E-state index contributed by atoms with van der Waals surface area (Å²) in [5, 5.41) is 0. The first-order chi connectivity index (χ1) is 13.6. The first-order valence-corrected chi connectivity index (χ1v) is 10.7. The van der Waals surface area contributed by atoms with Gasteiger partial charge in [-0.15, -0.1) is 4.40 Å². The molecule has 3 rings (SSSR count). The first kappa shape index (κ1) is 20.9. The molecular formula is C21H25N3O4S. The second-order valence-electron chi connectivity index (χ2n) is 7.37. The zero-order chi connectivity index (χ0) is 21.3. The standard InChI is InChI=1S/C21H25N3O4S/c1-14(2)13-24-15(3)22-29(26,27)20-11-16(9-10-19(20)24)21(25)23(4)17-7-6-8-18(12-17)28-5/h6-12,14H,13H2,1-5H3. The van der Waals surface area contributed by atoms with Gasteiger partial charge >= 0.3 is 0 Å². The number of ether oxygens (including phenoxy) is 1. The number of nitrogens with zero attached hydrogens (tertiary/aromatic N) is 3. The van der Waals surface area contributed by atoms with Crippen LogP contribution in [0.4, 0.5) is 11.4 Å². The number of amides is 1. The molecule has 0 aliphatic carbocycles. The Bertz CT molecular complexity index is 1080. The van der Waals surface area contributed by atoms with Gasteiger partial charge in [0.2, 0.25) is 0 Å². The second-order valence-corrected chi connectivity index (χ2v) is 8.94. The highest BCUT2D eigenvalue weighted by Crippen LogP contribution is 2.33. The van der Waals surface area contributed by atoms with Crippen molar-refractivity contribution >= 4 is 33.1 Å².